The van der Waals surface area contributed by atoms with E-state index in [0.29, 0.717) is 25.9 Å². The summed E-state index contributed by atoms with van der Waals surface area (Å²) in [4.78, 5) is 28.8. The van der Waals surface area contributed by atoms with Gasteiger partial charge in [0.05, 0.1) is 12.3 Å². The molecule has 0 saturated heterocycles. The Morgan fingerprint density at radius 2 is 1.71 bits per heavy atom. The Kier molecular flexibility index (Phi) is 5.74. The van der Waals surface area contributed by atoms with Crippen LogP contribution in [0.15, 0.2) is 59.8 Å². The van der Waals surface area contributed by atoms with Crippen LogP contribution in [-0.2, 0) is 16.0 Å². The number of ketones is 1. The molecule has 0 bridgehead atoms. The number of carbonyl (C=O) groups is 2. The standard InChI is InChI=1S/C27H31NO3/c1-5-18-9-7-8-10-22(18)28-23-16-27(3,4)17-24(29)26(23)21(15-25(28)30)19-11-13-20(14-12-19)31-6-2/h7-14,21H,5-6,15-17H2,1-4H3. The van der Waals surface area contributed by atoms with Crippen molar-refractivity contribution in [1.29, 1.82) is 0 Å². The van der Waals surface area contributed by atoms with Gasteiger partial charge in [-0.2, -0.15) is 0 Å². The van der Waals surface area contributed by atoms with E-state index in [-0.39, 0.29) is 23.0 Å². The SMILES string of the molecule is CCOc1ccc(C2CC(=O)N(c3ccccc3CC)C3=C2C(=O)CC(C)(C)C3)cc1. The minimum atomic E-state index is -0.202. The predicted molar refractivity (Wildman–Crippen MR) is 123 cm³/mol. The lowest BCUT2D eigenvalue weighted by Crippen LogP contribution is -2.44. The average Bonchev–Trinajstić information content (AvgIpc) is 2.73. The Morgan fingerprint density at radius 3 is 2.39 bits per heavy atom. The van der Waals surface area contributed by atoms with Gasteiger partial charge in [-0.05, 0) is 54.5 Å². The first-order valence-corrected chi connectivity index (χ1v) is 11.2. The lowest BCUT2D eigenvalue weighted by atomic mass is 9.69. The molecular weight excluding hydrogens is 386 g/mol. The molecule has 2 aliphatic rings. The largest absolute Gasteiger partial charge is 0.494 e. The van der Waals surface area contributed by atoms with Gasteiger partial charge in [0.15, 0.2) is 5.78 Å². The van der Waals surface area contributed by atoms with Gasteiger partial charge in [0.1, 0.15) is 5.75 Å². The summed E-state index contributed by atoms with van der Waals surface area (Å²) in [6.45, 7) is 8.89. The number of anilines is 1. The van der Waals surface area contributed by atoms with E-state index in [9.17, 15) is 9.59 Å². The first kappa shape index (κ1) is 21.4. The van der Waals surface area contributed by atoms with Crippen molar-refractivity contribution in [1.82, 2.24) is 0 Å². The quantitative estimate of drug-likeness (QED) is 0.617. The second kappa shape index (κ2) is 8.33. The van der Waals surface area contributed by atoms with E-state index in [1.165, 1.54) is 0 Å². The molecule has 0 fully saturated rings. The zero-order valence-electron chi connectivity index (χ0n) is 18.9. The van der Waals surface area contributed by atoms with Gasteiger partial charge in [-0.3, -0.25) is 14.5 Å². The van der Waals surface area contributed by atoms with Crippen LogP contribution >= 0.6 is 0 Å². The van der Waals surface area contributed by atoms with Gasteiger partial charge >= 0.3 is 0 Å². The van der Waals surface area contributed by atoms with Gasteiger partial charge in [0.25, 0.3) is 0 Å². The van der Waals surface area contributed by atoms with E-state index in [4.69, 9.17) is 4.74 Å². The highest BCUT2D eigenvalue weighted by Crippen LogP contribution is 2.48. The van der Waals surface area contributed by atoms with Gasteiger partial charge in [-0.1, -0.05) is 51.1 Å². The molecule has 4 rings (SSSR count). The number of aryl methyl sites for hydroxylation is 1. The van der Waals surface area contributed by atoms with Crippen LogP contribution in [0.1, 0.15) is 64.0 Å². The number of ether oxygens (including phenoxy) is 1. The third kappa shape index (κ3) is 4.04. The monoisotopic (exact) mass is 417 g/mol. The summed E-state index contributed by atoms with van der Waals surface area (Å²) in [5, 5.41) is 0. The summed E-state index contributed by atoms with van der Waals surface area (Å²) in [7, 11) is 0. The molecule has 31 heavy (non-hydrogen) atoms. The number of amides is 1. The number of para-hydroxylation sites is 1. The molecule has 1 atom stereocenters. The van der Waals surface area contributed by atoms with Gasteiger partial charge in [0, 0.05) is 30.0 Å². The maximum atomic E-state index is 13.5. The summed E-state index contributed by atoms with van der Waals surface area (Å²) in [6.07, 6.45) is 2.36. The second-order valence-corrected chi connectivity index (χ2v) is 9.27. The molecular formula is C27H31NO3. The van der Waals surface area contributed by atoms with E-state index in [0.717, 1.165) is 40.3 Å². The number of allylic oxidation sites excluding steroid dienone is 2. The van der Waals surface area contributed by atoms with Crippen LogP contribution in [0.3, 0.4) is 0 Å². The van der Waals surface area contributed by atoms with Crippen LogP contribution in [-0.4, -0.2) is 18.3 Å². The molecule has 0 radical (unpaired) electrons. The van der Waals surface area contributed by atoms with Crippen molar-refractivity contribution < 1.29 is 14.3 Å². The lowest BCUT2D eigenvalue weighted by Gasteiger charge is -2.43. The normalized spacial score (nSPS) is 20.6. The Bertz CT molecular complexity index is 1030. The molecule has 1 aliphatic carbocycles. The third-order valence-corrected chi connectivity index (χ3v) is 6.35. The molecule has 2 aromatic carbocycles. The van der Waals surface area contributed by atoms with E-state index in [2.05, 4.69) is 26.8 Å². The van der Waals surface area contributed by atoms with Crippen LogP contribution < -0.4 is 9.64 Å². The molecule has 0 spiro atoms. The number of hydrogen-bond acceptors (Lipinski definition) is 3. The summed E-state index contributed by atoms with van der Waals surface area (Å²) >= 11 is 0. The summed E-state index contributed by atoms with van der Waals surface area (Å²) in [5.41, 5.74) is 4.57. The van der Waals surface area contributed by atoms with Gasteiger partial charge in [-0.15, -0.1) is 0 Å². The number of carbonyl (C=O) groups excluding carboxylic acids is 2. The predicted octanol–water partition coefficient (Wildman–Crippen LogP) is 5.81. The number of hydrogen-bond donors (Lipinski definition) is 0. The summed E-state index contributed by atoms with van der Waals surface area (Å²) in [6, 6.07) is 15.9. The van der Waals surface area contributed by atoms with Crippen molar-refractivity contribution in [2.75, 3.05) is 11.5 Å². The number of Topliss-reactive ketones (excluding diaryl/α,β-unsaturated/α-hetero) is 1. The molecule has 4 heteroatoms. The van der Waals surface area contributed by atoms with E-state index >= 15 is 0 Å². The Balaban J connectivity index is 1.85. The van der Waals surface area contributed by atoms with Crippen LogP contribution in [0.2, 0.25) is 0 Å². The first-order valence-electron chi connectivity index (χ1n) is 11.2. The smallest absolute Gasteiger partial charge is 0.232 e. The molecule has 1 aliphatic heterocycles. The molecule has 1 unspecified atom stereocenters. The molecule has 0 saturated carbocycles. The maximum absolute atomic E-state index is 13.5. The van der Waals surface area contributed by atoms with Crippen LogP contribution in [0.4, 0.5) is 5.69 Å². The fourth-order valence-electron chi connectivity index (χ4n) is 4.97. The molecule has 4 nitrogen and oxygen atoms in total. The highest BCUT2D eigenvalue weighted by molar-refractivity contribution is 6.08. The molecule has 1 amide bonds. The van der Waals surface area contributed by atoms with Gasteiger partial charge in [-0.25, -0.2) is 0 Å². The van der Waals surface area contributed by atoms with Crippen LogP contribution in [0.25, 0.3) is 0 Å². The van der Waals surface area contributed by atoms with Crippen LogP contribution in [0.5, 0.6) is 5.75 Å². The Labute approximate surface area is 184 Å². The van der Waals surface area contributed by atoms with Crippen molar-refractivity contribution in [2.45, 2.75) is 59.3 Å². The topological polar surface area (TPSA) is 46.6 Å². The minimum absolute atomic E-state index is 0.0593. The number of benzene rings is 2. The van der Waals surface area contributed by atoms with Crippen molar-refractivity contribution in [2.24, 2.45) is 5.41 Å². The van der Waals surface area contributed by atoms with Gasteiger partial charge in [0.2, 0.25) is 5.91 Å². The van der Waals surface area contributed by atoms with Crippen molar-refractivity contribution >= 4 is 17.4 Å². The highest BCUT2D eigenvalue weighted by atomic mass is 16.5. The fraction of sp³-hybridized carbons (Fsp3) is 0.407. The van der Waals surface area contributed by atoms with Crippen molar-refractivity contribution in [3.05, 3.63) is 70.9 Å². The molecule has 0 N–H and O–H groups in total. The average molecular weight is 418 g/mol. The van der Waals surface area contributed by atoms with Crippen molar-refractivity contribution in [3.63, 3.8) is 0 Å². The molecule has 162 valence electrons. The zero-order valence-corrected chi connectivity index (χ0v) is 18.9. The maximum Gasteiger partial charge on any atom is 0.232 e. The molecule has 0 aromatic heterocycles. The fourth-order valence-corrected chi connectivity index (χ4v) is 4.97. The Morgan fingerprint density at radius 1 is 1.00 bits per heavy atom. The minimum Gasteiger partial charge on any atom is -0.494 e. The summed E-state index contributed by atoms with van der Waals surface area (Å²) < 4.78 is 5.57. The van der Waals surface area contributed by atoms with E-state index < -0.39 is 0 Å². The van der Waals surface area contributed by atoms with Crippen LogP contribution in [0, 0.1) is 5.41 Å². The first-order chi connectivity index (χ1) is 14.8. The number of nitrogens with zero attached hydrogens (tertiary/aromatic N) is 1. The third-order valence-electron chi connectivity index (χ3n) is 6.35. The zero-order chi connectivity index (χ0) is 22.2. The second-order valence-electron chi connectivity index (χ2n) is 9.27. The van der Waals surface area contributed by atoms with Crippen molar-refractivity contribution in [3.8, 4) is 5.75 Å². The lowest BCUT2D eigenvalue weighted by molar-refractivity contribution is -0.121. The van der Waals surface area contributed by atoms with E-state index in [1.807, 2.05) is 54.3 Å². The summed E-state index contributed by atoms with van der Waals surface area (Å²) in [5.74, 6) is 0.824. The Hall–Kier alpha value is -2.88. The van der Waals surface area contributed by atoms with E-state index in [1.54, 1.807) is 0 Å². The molecule has 1 heterocycles. The molecule has 2 aromatic rings. The highest BCUT2D eigenvalue weighted by Gasteiger charge is 2.44. The number of rotatable bonds is 5. The van der Waals surface area contributed by atoms with Gasteiger partial charge < -0.3 is 4.74 Å².